The van der Waals surface area contributed by atoms with Crippen LogP contribution in [0.25, 0.3) is 0 Å². The van der Waals surface area contributed by atoms with Gasteiger partial charge < -0.3 is 10.2 Å². The number of benzene rings is 2. The molecule has 4 nitrogen and oxygen atoms in total. The molecule has 0 aromatic heterocycles. The second kappa shape index (κ2) is 8.98. The van der Waals surface area contributed by atoms with Crippen molar-refractivity contribution >= 4 is 40.9 Å². The Morgan fingerprint density at radius 2 is 2.03 bits per heavy atom. The van der Waals surface area contributed by atoms with Gasteiger partial charge in [0.05, 0.1) is 18.0 Å². The SMILES string of the molecule is C[C@@H]1CCCC[C@@H]1NC(=O)c1ccc2c(c1)N(Cc1ccc(F)cc1Cl)C(=O)CS2. The topological polar surface area (TPSA) is 49.4 Å². The number of carbonyl (C=O) groups is 2. The van der Waals surface area contributed by atoms with Gasteiger partial charge in [-0.2, -0.15) is 0 Å². The number of fused-ring (bicyclic) bond motifs is 1. The minimum Gasteiger partial charge on any atom is -0.349 e. The van der Waals surface area contributed by atoms with Gasteiger partial charge in [-0.1, -0.05) is 37.4 Å². The number of rotatable bonds is 4. The molecule has 0 unspecified atom stereocenters. The van der Waals surface area contributed by atoms with E-state index < -0.39 is 5.82 Å². The van der Waals surface area contributed by atoms with Crippen LogP contribution >= 0.6 is 23.4 Å². The van der Waals surface area contributed by atoms with Gasteiger partial charge in [0.2, 0.25) is 5.91 Å². The standard InChI is InChI=1S/C23H24ClFN2O2S/c1-14-4-2-3-5-19(14)26-23(29)15-7-9-21-20(10-15)27(22(28)13-30-21)12-16-6-8-17(25)11-18(16)24/h6-11,14,19H,2-5,12-13H2,1H3,(H,26,29)/t14-,19+/m1/s1. The second-order valence-corrected chi connectivity index (χ2v) is 9.45. The number of anilines is 1. The Labute approximate surface area is 185 Å². The third kappa shape index (κ3) is 4.49. The van der Waals surface area contributed by atoms with Crippen LogP contribution < -0.4 is 10.2 Å². The largest absolute Gasteiger partial charge is 0.349 e. The van der Waals surface area contributed by atoms with E-state index >= 15 is 0 Å². The molecule has 0 saturated heterocycles. The maximum absolute atomic E-state index is 13.4. The van der Waals surface area contributed by atoms with Gasteiger partial charge in [0.1, 0.15) is 5.82 Å². The molecule has 2 atom stereocenters. The first-order valence-electron chi connectivity index (χ1n) is 10.2. The number of hydrogen-bond donors (Lipinski definition) is 1. The first kappa shape index (κ1) is 21.2. The van der Waals surface area contributed by atoms with Gasteiger partial charge in [-0.25, -0.2) is 4.39 Å². The van der Waals surface area contributed by atoms with Crippen LogP contribution in [0.2, 0.25) is 5.02 Å². The molecule has 1 heterocycles. The average Bonchev–Trinajstić information content (AvgIpc) is 2.73. The van der Waals surface area contributed by atoms with Crippen molar-refractivity contribution in [3.05, 3.63) is 58.4 Å². The molecule has 2 aliphatic rings. The van der Waals surface area contributed by atoms with Crippen molar-refractivity contribution in [3.63, 3.8) is 0 Å². The molecule has 1 aliphatic carbocycles. The third-order valence-electron chi connectivity index (χ3n) is 5.94. The zero-order chi connectivity index (χ0) is 21.3. The van der Waals surface area contributed by atoms with E-state index in [0.29, 0.717) is 28.5 Å². The normalized spacial score (nSPS) is 21.3. The van der Waals surface area contributed by atoms with Crippen LogP contribution in [0.5, 0.6) is 0 Å². The summed E-state index contributed by atoms with van der Waals surface area (Å²) in [7, 11) is 0. The Hall–Kier alpha value is -2.05. The number of hydrogen-bond acceptors (Lipinski definition) is 3. The molecule has 0 radical (unpaired) electrons. The predicted octanol–water partition coefficient (Wildman–Crippen LogP) is 5.43. The first-order valence-corrected chi connectivity index (χ1v) is 11.6. The van der Waals surface area contributed by atoms with E-state index in [2.05, 4.69) is 12.2 Å². The van der Waals surface area contributed by atoms with E-state index in [-0.39, 0.29) is 29.4 Å². The van der Waals surface area contributed by atoms with E-state index in [4.69, 9.17) is 11.6 Å². The Bertz CT molecular complexity index is 984. The number of nitrogens with one attached hydrogen (secondary N) is 1. The zero-order valence-electron chi connectivity index (χ0n) is 16.8. The Morgan fingerprint density at radius 3 is 2.80 bits per heavy atom. The van der Waals surface area contributed by atoms with Crippen molar-refractivity contribution in [3.8, 4) is 0 Å². The van der Waals surface area contributed by atoms with Crippen molar-refractivity contribution in [2.75, 3.05) is 10.7 Å². The van der Waals surface area contributed by atoms with Gasteiger partial charge in [-0.3, -0.25) is 9.59 Å². The van der Waals surface area contributed by atoms with E-state index in [1.165, 1.54) is 30.3 Å². The summed E-state index contributed by atoms with van der Waals surface area (Å²) in [4.78, 5) is 28.1. The maximum Gasteiger partial charge on any atom is 0.251 e. The summed E-state index contributed by atoms with van der Waals surface area (Å²) >= 11 is 7.64. The highest BCUT2D eigenvalue weighted by molar-refractivity contribution is 8.00. The molecule has 4 rings (SSSR count). The van der Waals surface area contributed by atoms with Crippen LogP contribution in [0, 0.1) is 11.7 Å². The van der Waals surface area contributed by atoms with Crippen LogP contribution in [0.15, 0.2) is 41.3 Å². The summed E-state index contributed by atoms with van der Waals surface area (Å²) in [6, 6.07) is 9.84. The van der Waals surface area contributed by atoms with Gasteiger partial charge in [0, 0.05) is 21.5 Å². The van der Waals surface area contributed by atoms with E-state index in [0.717, 1.165) is 24.2 Å². The van der Waals surface area contributed by atoms with Crippen molar-refractivity contribution in [1.29, 1.82) is 0 Å². The Kier molecular flexibility index (Phi) is 6.34. The van der Waals surface area contributed by atoms with Gasteiger partial charge in [-0.15, -0.1) is 11.8 Å². The molecule has 30 heavy (non-hydrogen) atoms. The molecule has 1 aliphatic heterocycles. The van der Waals surface area contributed by atoms with Crippen LogP contribution in [0.4, 0.5) is 10.1 Å². The smallest absolute Gasteiger partial charge is 0.251 e. The lowest BCUT2D eigenvalue weighted by Gasteiger charge is -2.31. The van der Waals surface area contributed by atoms with E-state index in [1.807, 2.05) is 12.1 Å². The summed E-state index contributed by atoms with van der Waals surface area (Å²) in [5.41, 5.74) is 1.90. The van der Waals surface area contributed by atoms with Crippen molar-refractivity contribution in [2.45, 2.75) is 50.1 Å². The highest BCUT2D eigenvalue weighted by Crippen LogP contribution is 2.37. The van der Waals surface area contributed by atoms with Gasteiger partial charge in [0.15, 0.2) is 0 Å². The summed E-state index contributed by atoms with van der Waals surface area (Å²) in [6.07, 6.45) is 4.48. The van der Waals surface area contributed by atoms with Crippen molar-refractivity contribution in [2.24, 2.45) is 5.92 Å². The number of amides is 2. The molecule has 2 amide bonds. The molecular weight excluding hydrogens is 423 g/mol. The van der Waals surface area contributed by atoms with Crippen LogP contribution in [-0.4, -0.2) is 23.6 Å². The van der Waals surface area contributed by atoms with Gasteiger partial charge >= 0.3 is 0 Å². The number of nitrogens with zero attached hydrogens (tertiary/aromatic N) is 1. The van der Waals surface area contributed by atoms with E-state index in [9.17, 15) is 14.0 Å². The summed E-state index contributed by atoms with van der Waals surface area (Å²) in [5.74, 6) is 0.192. The third-order valence-corrected chi connectivity index (χ3v) is 7.34. The fourth-order valence-electron chi connectivity index (χ4n) is 4.12. The predicted molar refractivity (Wildman–Crippen MR) is 119 cm³/mol. The monoisotopic (exact) mass is 446 g/mol. The molecule has 0 bridgehead atoms. The van der Waals surface area contributed by atoms with Gasteiger partial charge in [0.25, 0.3) is 5.91 Å². The quantitative estimate of drug-likeness (QED) is 0.681. The number of halogens is 2. The maximum atomic E-state index is 13.4. The molecule has 7 heteroatoms. The highest BCUT2D eigenvalue weighted by Gasteiger charge is 2.28. The number of thioether (sulfide) groups is 1. The summed E-state index contributed by atoms with van der Waals surface area (Å²) in [5, 5.41) is 3.45. The highest BCUT2D eigenvalue weighted by atomic mass is 35.5. The van der Waals surface area contributed by atoms with Crippen LogP contribution in [0.3, 0.4) is 0 Å². The Balaban J connectivity index is 1.58. The van der Waals surface area contributed by atoms with E-state index in [1.54, 1.807) is 17.0 Å². The Morgan fingerprint density at radius 1 is 1.23 bits per heavy atom. The molecule has 2 aromatic carbocycles. The van der Waals surface area contributed by atoms with Gasteiger partial charge in [-0.05, 0) is 54.7 Å². The van der Waals surface area contributed by atoms with Crippen molar-refractivity contribution < 1.29 is 14.0 Å². The van der Waals surface area contributed by atoms with Crippen LogP contribution in [0.1, 0.15) is 48.5 Å². The first-order chi connectivity index (χ1) is 14.4. The second-order valence-electron chi connectivity index (χ2n) is 8.03. The molecule has 0 spiro atoms. The molecule has 1 N–H and O–H groups in total. The molecular formula is C23H24ClFN2O2S. The summed E-state index contributed by atoms with van der Waals surface area (Å²) < 4.78 is 13.4. The fraction of sp³-hybridized carbons (Fsp3) is 0.391. The fourth-order valence-corrected chi connectivity index (χ4v) is 5.26. The minimum absolute atomic E-state index is 0.0636. The number of carbonyl (C=O) groups excluding carboxylic acids is 2. The van der Waals surface area contributed by atoms with Crippen molar-refractivity contribution in [1.82, 2.24) is 5.32 Å². The molecule has 1 fully saturated rings. The van der Waals surface area contributed by atoms with Crippen LogP contribution in [-0.2, 0) is 11.3 Å². The lowest BCUT2D eigenvalue weighted by molar-refractivity contribution is -0.116. The lowest BCUT2D eigenvalue weighted by atomic mass is 9.86. The average molecular weight is 447 g/mol. The lowest BCUT2D eigenvalue weighted by Crippen LogP contribution is -2.41. The molecule has 2 aromatic rings. The zero-order valence-corrected chi connectivity index (χ0v) is 18.4. The molecule has 158 valence electrons. The molecule has 1 saturated carbocycles. The summed E-state index contributed by atoms with van der Waals surface area (Å²) in [6.45, 7) is 2.41. The minimum atomic E-state index is -0.416.